The number of hydrogen-bond acceptors (Lipinski definition) is 3. The molecular formula is C18H23NO2. The second-order valence-electron chi connectivity index (χ2n) is 5.09. The van der Waals surface area contributed by atoms with E-state index in [1.54, 1.807) is 14.2 Å². The highest BCUT2D eigenvalue weighted by molar-refractivity contribution is 5.34. The Morgan fingerprint density at radius 2 is 1.24 bits per heavy atom. The highest BCUT2D eigenvalue weighted by atomic mass is 16.5. The zero-order valence-corrected chi connectivity index (χ0v) is 12.9. The van der Waals surface area contributed by atoms with Crippen molar-refractivity contribution < 1.29 is 9.47 Å². The summed E-state index contributed by atoms with van der Waals surface area (Å²) in [6.45, 7) is 2.16. The fourth-order valence-corrected chi connectivity index (χ4v) is 2.61. The van der Waals surface area contributed by atoms with Gasteiger partial charge in [0.2, 0.25) is 0 Å². The van der Waals surface area contributed by atoms with Crippen LogP contribution in [0.3, 0.4) is 0 Å². The van der Waals surface area contributed by atoms with Crippen LogP contribution >= 0.6 is 0 Å². The lowest BCUT2D eigenvalue weighted by Gasteiger charge is -2.24. The molecule has 0 aliphatic carbocycles. The van der Waals surface area contributed by atoms with E-state index in [1.165, 1.54) is 5.56 Å². The Balaban J connectivity index is 2.21. The van der Waals surface area contributed by atoms with Gasteiger partial charge in [-0.3, -0.25) is 0 Å². The van der Waals surface area contributed by atoms with Crippen LogP contribution in [0.1, 0.15) is 36.4 Å². The highest BCUT2D eigenvalue weighted by Gasteiger charge is 2.19. The second kappa shape index (κ2) is 7.14. The first kappa shape index (κ1) is 15.4. The summed E-state index contributed by atoms with van der Waals surface area (Å²) in [7, 11) is 3.34. The van der Waals surface area contributed by atoms with Crippen LogP contribution in [0.5, 0.6) is 11.5 Å². The van der Waals surface area contributed by atoms with Crippen LogP contribution in [0.4, 0.5) is 0 Å². The van der Waals surface area contributed by atoms with Crippen molar-refractivity contribution in [2.45, 2.75) is 25.3 Å². The summed E-state index contributed by atoms with van der Waals surface area (Å²) in [4.78, 5) is 0. The Morgan fingerprint density at radius 3 is 1.62 bits per heavy atom. The largest absolute Gasteiger partial charge is 0.497 e. The summed E-state index contributed by atoms with van der Waals surface area (Å²) in [6, 6.07) is 16.1. The maximum absolute atomic E-state index is 6.47. The van der Waals surface area contributed by atoms with E-state index in [-0.39, 0.29) is 12.0 Å². The maximum atomic E-state index is 6.47. The van der Waals surface area contributed by atoms with E-state index < -0.39 is 0 Å². The van der Waals surface area contributed by atoms with E-state index in [0.717, 1.165) is 23.5 Å². The molecule has 0 heterocycles. The quantitative estimate of drug-likeness (QED) is 0.875. The first-order valence-electron chi connectivity index (χ1n) is 7.23. The first-order chi connectivity index (χ1) is 10.2. The first-order valence-corrected chi connectivity index (χ1v) is 7.23. The lowest BCUT2D eigenvalue weighted by Crippen LogP contribution is -2.19. The van der Waals surface area contributed by atoms with Crippen LogP contribution < -0.4 is 15.2 Å². The van der Waals surface area contributed by atoms with Crippen molar-refractivity contribution in [2.24, 2.45) is 5.73 Å². The number of methoxy groups -OCH3 is 2. The number of ether oxygens (including phenoxy) is 2. The Hall–Kier alpha value is -2.00. The minimum Gasteiger partial charge on any atom is -0.497 e. The van der Waals surface area contributed by atoms with Crippen molar-refractivity contribution in [3.8, 4) is 11.5 Å². The van der Waals surface area contributed by atoms with Crippen molar-refractivity contribution in [1.29, 1.82) is 0 Å². The van der Waals surface area contributed by atoms with Crippen molar-refractivity contribution in [3.63, 3.8) is 0 Å². The van der Waals surface area contributed by atoms with Crippen molar-refractivity contribution in [1.82, 2.24) is 0 Å². The summed E-state index contributed by atoms with van der Waals surface area (Å²) in [6.07, 6.45) is 0.986. The van der Waals surface area contributed by atoms with Gasteiger partial charge in [0, 0.05) is 12.0 Å². The van der Waals surface area contributed by atoms with E-state index in [1.807, 2.05) is 36.4 Å². The zero-order valence-electron chi connectivity index (χ0n) is 12.9. The van der Waals surface area contributed by atoms with Gasteiger partial charge in [-0.15, -0.1) is 0 Å². The molecule has 0 fully saturated rings. The molecule has 112 valence electrons. The Morgan fingerprint density at radius 1 is 0.810 bits per heavy atom. The molecule has 0 aliphatic heterocycles. The molecular weight excluding hydrogens is 262 g/mol. The lowest BCUT2D eigenvalue weighted by atomic mass is 9.86. The van der Waals surface area contributed by atoms with E-state index in [9.17, 15) is 0 Å². The molecule has 0 spiro atoms. The molecule has 2 aromatic rings. The summed E-state index contributed by atoms with van der Waals surface area (Å²) < 4.78 is 10.4. The fraction of sp³-hybridized carbons (Fsp3) is 0.333. The van der Waals surface area contributed by atoms with Crippen molar-refractivity contribution >= 4 is 0 Å². The summed E-state index contributed by atoms with van der Waals surface area (Å²) in [5.41, 5.74) is 8.83. The van der Waals surface area contributed by atoms with Gasteiger partial charge in [0.15, 0.2) is 0 Å². The smallest absolute Gasteiger partial charge is 0.118 e. The Labute approximate surface area is 126 Å². The number of rotatable bonds is 6. The summed E-state index contributed by atoms with van der Waals surface area (Å²) in [5.74, 6) is 2.00. The van der Waals surface area contributed by atoms with Gasteiger partial charge in [0.1, 0.15) is 11.5 Å². The topological polar surface area (TPSA) is 44.5 Å². The van der Waals surface area contributed by atoms with Crippen molar-refractivity contribution in [3.05, 3.63) is 59.7 Å². The predicted octanol–water partition coefficient (Wildman–Crippen LogP) is 3.90. The maximum Gasteiger partial charge on any atom is 0.118 e. The molecule has 0 saturated heterocycles. The van der Waals surface area contributed by atoms with Gasteiger partial charge in [-0.1, -0.05) is 31.2 Å². The van der Waals surface area contributed by atoms with E-state index >= 15 is 0 Å². The normalized spacial score (nSPS) is 13.5. The molecule has 2 aromatic carbocycles. The van der Waals surface area contributed by atoms with E-state index in [0.29, 0.717) is 0 Å². The zero-order chi connectivity index (χ0) is 15.2. The minimum absolute atomic E-state index is 0.0331. The average molecular weight is 285 g/mol. The number of hydrogen-bond donors (Lipinski definition) is 1. The van der Waals surface area contributed by atoms with Crippen LogP contribution in [-0.4, -0.2) is 14.2 Å². The van der Waals surface area contributed by atoms with Crippen LogP contribution in [0, 0.1) is 0 Å². The molecule has 0 aliphatic rings. The second-order valence-corrected chi connectivity index (χ2v) is 5.09. The van der Waals surface area contributed by atoms with E-state index in [2.05, 4.69) is 19.1 Å². The van der Waals surface area contributed by atoms with Gasteiger partial charge in [0.05, 0.1) is 14.2 Å². The molecule has 2 N–H and O–H groups in total. The molecule has 0 bridgehead atoms. The summed E-state index contributed by atoms with van der Waals surface area (Å²) in [5, 5.41) is 0. The van der Waals surface area contributed by atoms with Gasteiger partial charge in [-0.05, 0) is 41.8 Å². The third-order valence-corrected chi connectivity index (χ3v) is 3.92. The highest BCUT2D eigenvalue weighted by Crippen LogP contribution is 2.33. The molecule has 2 rings (SSSR count). The van der Waals surface area contributed by atoms with Gasteiger partial charge >= 0.3 is 0 Å². The van der Waals surface area contributed by atoms with Gasteiger partial charge < -0.3 is 15.2 Å². The molecule has 0 saturated carbocycles. The van der Waals surface area contributed by atoms with Crippen LogP contribution in [0.15, 0.2) is 48.5 Å². The van der Waals surface area contributed by atoms with E-state index in [4.69, 9.17) is 15.2 Å². The van der Waals surface area contributed by atoms with Gasteiger partial charge in [0.25, 0.3) is 0 Å². The van der Waals surface area contributed by atoms with Crippen LogP contribution in [-0.2, 0) is 0 Å². The monoisotopic (exact) mass is 285 g/mol. The minimum atomic E-state index is -0.0331. The van der Waals surface area contributed by atoms with Crippen molar-refractivity contribution in [2.75, 3.05) is 14.2 Å². The molecule has 0 aromatic heterocycles. The fourth-order valence-electron chi connectivity index (χ4n) is 2.61. The third kappa shape index (κ3) is 3.56. The average Bonchev–Trinajstić information content (AvgIpc) is 2.56. The van der Waals surface area contributed by atoms with Gasteiger partial charge in [-0.25, -0.2) is 0 Å². The van der Waals surface area contributed by atoms with Gasteiger partial charge in [-0.2, -0.15) is 0 Å². The molecule has 3 heteroatoms. The third-order valence-electron chi connectivity index (χ3n) is 3.92. The van der Waals surface area contributed by atoms with Crippen LogP contribution in [0.2, 0.25) is 0 Å². The molecule has 2 atom stereocenters. The Bertz CT molecular complexity index is 548. The molecule has 3 nitrogen and oxygen atoms in total. The Kier molecular flexibility index (Phi) is 5.23. The SMILES string of the molecule is CC[C@@H](c1ccc(OC)cc1)[C@@H](N)c1ccc(OC)cc1. The number of nitrogens with two attached hydrogens (primary N) is 1. The number of benzene rings is 2. The molecule has 0 amide bonds. The van der Waals surface area contributed by atoms with Crippen LogP contribution in [0.25, 0.3) is 0 Å². The predicted molar refractivity (Wildman–Crippen MR) is 85.9 cm³/mol. The lowest BCUT2D eigenvalue weighted by molar-refractivity contribution is 0.413. The molecule has 0 radical (unpaired) electrons. The summed E-state index contributed by atoms with van der Waals surface area (Å²) >= 11 is 0. The molecule has 21 heavy (non-hydrogen) atoms. The molecule has 0 unspecified atom stereocenters. The standard InChI is InChI=1S/C18H23NO2/c1-4-17(13-5-9-15(20-2)10-6-13)18(19)14-7-11-16(21-3)12-8-14/h5-12,17-18H,4,19H2,1-3H3/t17-,18-/m0/s1.